The maximum atomic E-state index is 12.6. The number of nitrogens with zero attached hydrogens (tertiary/aromatic N) is 4. The number of aromatic nitrogens is 4. The average molecular weight is 309 g/mol. The summed E-state index contributed by atoms with van der Waals surface area (Å²) in [6.45, 7) is 1.85. The van der Waals surface area contributed by atoms with Gasteiger partial charge in [-0.2, -0.15) is 0 Å². The predicted molar refractivity (Wildman–Crippen MR) is 84.9 cm³/mol. The maximum absolute atomic E-state index is 12.6. The topological polar surface area (TPSA) is 91.8 Å². The normalized spacial score (nSPS) is 12.1. The quantitative estimate of drug-likeness (QED) is 0.792. The van der Waals surface area contributed by atoms with Gasteiger partial charge in [-0.1, -0.05) is 12.1 Å². The van der Waals surface area contributed by atoms with Gasteiger partial charge in [0.05, 0.1) is 22.6 Å². The van der Waals surface area contributed by atoms with Crippen LogP contribution in [0.15, 0.2) is 47.7 Å². The molecular weight excluding hydrogens is 294 g/mol. The van der Waals surface area contributed by atoms with Gasteiger partial charge < -0.3 is 9.88 Å². The Morgan fingerprint density at radius 3 is 2.78 bits per heavy atom. The van der Waals surface area contributed by atoms with E-state index in [1.807, 2.05) is 6.92 Å². The lowest BCUT2D eigenvalue weighted by Crippen LogP contribution is -2.32. The Hall–Kier alpha value is -3.09. The van der Waals surface area contributed by atoms with Crippen LogP contribution in [0, 0.1) is 0 Å². The summed E-state index contributed by atoms with van der Waals surface area (Å²) in [5, 5.41) is 0.454. The summed E-state index contributed by atoms with van der Waals surface area (Å²) in [7, 11) is 1.64. The first kappa shape index (κ1) is 14.8. The number of amides is 1. The Morgan fingerprint density at radius 1 is 1.26 bits per heavy atom. The number of H-pyrrole nitrogens is 1. The van der Waals surface area contributed by atoms with E-state index in [-0.39, 0.29) is 23.3 Å². The zero-order chi connectivity index (χ0) is 16.4. The summed E-state index contributed by atoms with van der Waals surface area (Å²) in [5.41, 5.74) is 0.865. The van der Waals surface area contributed by atoms with Gasteiger partial charge in [-0.05, 0) is 25.1 Å². The number of hydrogen-bond donors (Lipinski definition) is 1. The number of benzene rings is 1. The van der Waals surface area contributed by atoms with E-state index in [1.54, 1.807) is 43.6 Å². The average Bonchev–Trinajstić information content (AvgIpc) is 2.60. The number of carbonyl (C=O) groups is 1. The SMILES string of the molecule is C[C@@H](c1ccncn1)N(C)C(=O)c1nc2ccccc2c(=O)[nH]1. The lowest BCUT2D eigenvalue weighted by molar-refractivity contribution is 0.0727. The molecule has 1 N–H and O–H groups in total. The van der Waals surface area contributed by atoms with Crippen molar-refractivity contribution in [3.63, 3.8) is 0 Å². The number of rotatable bonds is 3. The van der Waals surface area contributed by atoms with Crippen molar-refractivity contribution < 1.29 is 4.79 Å². The number of hydrogen-bond acceptors (Lipinski definition) is 5. The number of fused-ring (bicyclic) bond motifs is 1. The van der Waals surface area contributed by atoms with Gasteiger partial charge in [0, 0.05) is 13.2 Å². The van der Waals surface area contributed by atoms with E-state index in [0.717, 1.165) is 0 Å². The Morgan fingerprint density at radius 2 is 2.04 bits per heavy atom. The summed E-state index contributed by atoms with van der Waals surface area (Å²) < 4.78 is 0. The van der Waals surface area contributed by atoms with Crippen LogP contribution >= 0.6 is 0 Å². The van der Waals surface area contributed by atoms with Crippen molar-refractivity contribution in [2.24, 2.45) is 0 Å². The van der Waals surface area contributed by atoms with E-state index >= 15 is 0 Å². The van der Waals surface area contributed by atoms with E-state index in [0.29, 0.717) is 16.6 Å². The Kier molecular flexibility index (Phi) is 3.84. The van der Waals surface area contributed by atoms with Gasteiger partial charge in [0.25, 0.3) is 11.5 Å². The van der Waals surface area contributed by atoms with E-state index < -0.39 is 0 Å². The van der Waals surface area contributed by atoms with E-state index in [1.165, 1.54) is 11.2 Å². The molecule has 0 saturated heterocycles. The molecule has 3 aromatic rings. The molecule has 2 aromatic heterocycles. The Balaban J connectivity index is 1.95. The largest absolute Gasteiger partial charge is 0.331 e. The molecule has 7 nitrogen and oxygen atoms in total. The van der Waals surface area contributed by atoms with Crippen molar-refractivity contribution in [2.75, 3.05) is 7.05 Å². The molecule has 116 valence electrons. The molecule has 0 fully saturated rings. The number of carbonyl (C=O) groups excluding carboxylic acids is 1. The van der Waals surface area contributed by atoms with Crippen LogP contribution < -0.4 is 5.56 Å². The monoisotopic (exact) mass is 309 g/mol. The van der Waals surface area contributed by atoms with Crippen molar-refractivity contribution in [1.82, 2.24) is 24.8 Å². The number of nitrogens with one attached hydrogen (secondary N) is 1. The van der Waals surface area contributed by atoms with Gasteiger partial charge >= 0.3 is 0 Å². The van der Waals surface area contributed by atoms with Gasteiger partial charge in [0.2, 0.25) is 0 Å². The van der Waals surface area contributed by atoms with E-state index in [2.05, 4.69) is 19.9 Å². The first-order valence-electron chi connectivity index (χ1n) is 7.10. The van der Waals surface area contributed by atoms with Crippen LogP contribution in [0.2, 0.25) is 0 Å². The highest BCUT2D eigenvalue weighted by Crippen LogP contribution is 2.17. The highest BCUT2D eigenvalue weighted by molar-refractivity contribution is 5.92. The van der Waals surface area contributed by atoms with Crippen molar-refractivity contribution in [1.29, 1.82) is 0 Å². The third kappa shape index (κ3) is 2.80. The minimum atomic E-state index is -0.376. The lowest BCUT2D eigenvalue weighted by Gasteiger charge is -2.23. The molecule has 1 amide bonds. The van der Waals surface area contributed by atoms with Crippen molar-refractivity contribution >= 4 is 16.8 Å². The third-order valence-corrected chi connectivity index (χ3v) is 3.75. The Labute approximate surface area is 132 Å². The number of aromatic amines is 1. The summed E-state index contributed by atoms with van der Waals surface area (Å²) in [5.74, 6) is -0.365. The molecule has 0 aliphatic heterocycles. The fourth-order valence-corrected chi connectivity index (χ4v) is 2.28. The third-order valence-electron chi connectivity index (χ3n) is 3.75. The van der Waals surface area contributed by atoms with Gasteiger partial charge in [-0.15, -0.1) is 0 Å². The van der Waals surface area contributed by atoms with Crippen LogP contribution in [-0.2, 0) is 0 Å². The molecule has 7 heteroatoms. The highest BCUT2D eigenvalue weighted by atomic mass is 16.2. The first-order valence-corrected chi connectivity index (χ1v) is 7.10. The summed E-state index contributed by atoms with van der Waals surface area (Å²) in [6, 6.07) is 8.37. The molecule has 0 radical (unpaired) electrons. The van der Waals surface area contributed by atoms with Crippen LogP contribution in [0.3, 0.4) is 0 Å². The molecule has 0 unspecified atom stereocenters. The van der Waals surface area contributed by atoms with Crippen molar-refractivity contribution in [3.05, 3.63) is 64.7 Å². The van der Waals surface area contributed by atoms with Gasteiger partial charge in [0.1, 0.15) is 6.33 Å². The van der Waals surface area contributed by atoms with Gasteiger partial charge in [-0.3, -0.25) is 9.59 Å². The fraction of sp³-hybridized carbons (Fsp3) is 0.188. The van der Waals surface area contributed by atoms with Crippen LogP contribution in [-0.4, -0.2) is 37.8 Å². The molecule has 0 spiro atoms. The maximum Gasteiger partial charge on any atom is 0.290 e. The lowest BCUT2D eigenvalue weighted by atomic mass is 10.2. The molecule has 1 atom stereocenters. The minimum absolute atomic E-state index is 0.0112. The molecule has 0 saturated carbocycles. The molecule has 3 rings (SSSR count). The van der Waals surface area contributed by atoms with Crippen LogP contribution in [0.4, 0.5) is 0 Å². The van der Waals surface area contributed by atoms with E-state index in [9.17, 15) is 9.59 Å². The minimum Gasteiger partial charge on any atom is -0.331 e. The summed E-state index contributed by atoms with van der Waals surface area (Å²) in [4.78, 5) is 41.0. The first-order chi connectivity index (χ1) is 11.1. The molecule has 23 heavy (non-hydrogen) atoms. The number of para-hydroxylation sites is 1. The van der Waals surface area contributed by atoms with Crippen molar-refractivity contribution in [3.8, 4) is 0 Å². The molecule has 0 aliphatic carbocycles. The van der Waals surface area contributed by atoms with Crippen molar-refractivity contribution in [2.45, 2.75) is 13.0 Å². The van der Waals surface area contributed by atoms with Gasteiger partial charge in [0.15, 0.2) is 5.82 Å². The highest BCUT2D eigenvalue weighted by Gasteiger charge is 2.22. The standard InChI is InChI=1S/C16H15N5O2/c1-10(12-7-8-17-9-18-12)21(2)16(23)14-19-13-6-4-3-5-11(13)15(22)20-14/h3-10H,1-2H3,(H,19,20,22)/t10-/m0/s1. The summed E-state index contributed by atoms with van der Waals surface area (Å²) in [6.07, 6.45) is 3.05. The molecule has 0 aliphatic rings. The molecule has 2 heterocycles. The molecule has 0 bridgehead atoms. The second kappa shape index (κ2) is 5.96. The summed E-state index contributed by atoms with van der Waals surface area (Å²) >= 11 is 0. The predicted octanol–water partition coefficient (Wildman–Crippen LogP) is 1.55. The smallest absolute Gasteiger partial charge is 0.290 e. The van der Waals surface area contributed by atoms with Crippen LogP contribution in [0.1, 0.15) is 29.3 Å². The molecular formula is C16H15N5O2. The Bertz CT molecular complexity index is 907. The second-order valence-electron chi connectivity index (χ2n) is 5.16. The second-order valence-corrected chi connectivity index (χ2v) is 5.16. The van der Waals surface area contributed by atoms with E-state index in [4.69, 9.17) is 0 Å². The fourth-order valence-electron chi connectivity index (χ4n) is 2.28. The van der Waals surface area contributed by atoms with Gasteiger partial charge in [-0.25, -0.2) is 15.0 Å². The zero-order valence-corrected chi connectivity index (χ0v) is 12.7. The van der Waals surface area contributed by atoms with Crippen LogP contribution in [0.5, 0.6) is 0 Å². The zero-order valence-electron chi connectivity index (χ0n) is 12.7. The van der Waals surface area contributed by atoms with Crippen LogP contribution in [0.25, 0.3) is 10.9 Å². The molecule has 1 aromatic carbocycles.